The van der Waals surface area contributed by atoms with Crippen LogP contribution >= 0.6 is 0 Å². The predicted molar refractivity (Wildman–Crippen MR) is 61.6 cm³/mol. The molecule has 0 aliphatic carbocycles. The molecule has 2 heterocycles. The molecule has 0 atom stereocenters. The van der Waals surface area contributed by atoms with Gasteiger partial charge in [-0.2, -0.15) is 4.80 Å². The van der Waals surface area contributed by atoms with Crippen LogP contribution in [0.1, 0.15) is 25.7 Å². The van der Waals surface area contributed by atoms with E-state index in [-0.39, 0.29) is 6.42 Å². The van der Waals surface area contributed by atoms with Crippen LogP contribution in [0.2, 0.25) is 0 Å². The third kappa shape index (κ3) is 3.41. The number of carboxylic acids is 1. The molecule has 0 amide bonds. The van der Waals surface area contributed by atoms with Crippen molar-refractivity contribution in [3.8, 4) is 11.6 Å². The largest absolute Gasteiger partial charge is 0.481 e. The Morgan fingerprint density at radius 3 is 3.00 bits per heavy atom. The first-order valence-corrected chi connectivity index (χ1v) is 5.79. The molecular formula is C11H14N4O3. The number of aryl methyl sites for hydroxylation is 1. The predicted octanol–water partition coefficient (Wildman–Crippen LogP) is 1.58. The van der Waals surface area contributed by atoms with Crippen LogP contribution in [0.4, 0.5) is 0 Å². The molecule has 7 nitrogen and oxygen atoms in total. The number of rotatable bonds is 7. The first kappa shape index (κ1) is 12.3. The van der Waals surface area contributed by atoms with E-state index in [1.807, 2.05) is 0 Å². The molecule has 0 aliphatic rings. The van der Waals surface area contributed by atoms with E-state index < -0.39 is 5.97 Å². The molecule has 0 fully saturated rings. The fourth-order valence-corrected chi connectivity index (χ4v) is 1.55. The number of hydrogen-bond acceptors (Lipinski definition) is 5. The summed E-state index contributed by atoms with van der Waals surface area (Å²) in [7, 11) is 0. The minimum absolute atomic E-state index is 0.211. The maximum absolute atomic E-state index is 10.3. The van der Waals surface area contributed by atoms with E-state index in [1.165, 1.54) is 4.80 Å². The number of hydrogen-bond donors (Lipinski definition) is 1. The van der Waals surface area contributed by atoms with Crippen molar-refractivity contribution in [1.29, 1.82) is 0 Å². The van der Waals surface area contributed by atoms with Crippen LogP contribution in [0.25, 0.3) is 11.6 Å². The fourth-order valence-electron chi connectivity index (χ4n) is 1.55. The number of furan rings is 1. The summed E-state index contributed by atoms with van der Waals surface area (Å²) < 4.78 is 5.16. The van der Waals surface area contributed by atoms with Crippen LogP contribution in [0.15, 0.2) is 22.8 Å². The highest BCUT2D eigenvalue weighted by Crippen LogP contribution is 2.13. The Morgan fingerprint density at radius 2 is 2.28 bits per heavy atom. The van der Waals surface area contributed by atoms with Gasteiger partial charge in [0.1, 0.15) is 0 Å². The smallest absolute Gasteiger partial charge is 0.303 e. The zero-order valence-electron chi connectivity index (χ0n) is 9.82. The number of carbonyl (C=O) groups is 1. The highest BCUT2D eigenvalue weighted by molar-refractivity contribution is 5.66. The third-order valence-electron chi connectivity index (χ3n) is 2.44. The summed E-state index contributed by atoms with van der Waals surface area (Å²) in [6.45, 7) is 0.632. The number of aromatic nitrogens is 4. The summed E-state index contributed by atoms with van der Waals surface area (Å²) >= 11 is 0. The Kier molecular flexibility index (Phi) is 4.06. The summed E-state index contributed by atoms with van der Waals surface area (Å²) in [6.07, 6.45) is 4.12. The molecule has 2 rings (SSSR count). The van der Waals surface area contributed by atoms with E-state index in [9.17, 15) is 4.79 Å². The number of nitrogens with zero attached hydrogens (tertiary/aromatic N) is 4. The van der Waals surface area contributed by atoms with Crippen LogP contribution in [-0.2, 0) is 11.3 Å². The molecule has 2 aromatic rings. The third-order valence-corrected chi connectivity index (χ3v) is 2.44. The van der Waals surface area contributed by atoms with E-state index in [0.717, 1.165) is 12.8 Å². The lowest BCUT2D eigenvalue weighted by atomic mass is 10.2. The second-order valence-corrected chi connectivity index (χ2v) is 3.89. The number of carboxylic acid groups (broad SMARTS) is 1. The lowest BCUT2D eigenvalue weighted by Gasteiger charge is -1.97. The Morgan fingerprint density at radius 1 is 1.39 bits per heavy atom. The number of tetrazole rings is 1. The van der Waals surface area contributed by atoms with Gasteiger partial charge in [0, 0.05) is 6.42 Å². The highest BCUT2D eigenvalue weighted by atomic mass is 16.4. The van der Waals surface area contributed by atoms with Gasteiger partial charge in [0.15, 0.2) is 5.76 Å². The van der Waals surface area contributed by atoms with Crippen molar-refractivity contribution in [2.75, 3.05) is 0 Å². The molecule has 0 unspecified atom stereocenters. The van der Waals surface area contributed by atoms with E-state index >= 15 is 0 Å². The van der Waals surface area contributed by atoms with E-state index in [1.54, 1.807) is 18.4 Å². The Hall–Kier alpha value is -2.18. The zero-order chi connectivity index (χ0) is 12.8. The maximum Gasteiger partial charge on any atom is 0.303 e. The van der Waals surface area contributed by atoms with Crippen molar-refractivity contribution in [2.24, 2.45) is 0 Å². The fraction of sp³-hybridized carbons (Fsp3) is 0.455. The Labute approximate surface area is 103 Å². The summed E-state index contributed by atoms with van der Waals surface area (Å²) in [5.74, 6) is 0.298. The summed E-state index contributed by atoms with van der Waals surface area (Å²) in [5, 5.41) is 20.4. The van der Waals surface area contributed by atoms with Gasteiger partial charge >= 0.3 is 5.97 Å². The number of unbranched alkanes of at least 4 members (excludes halogenated alkanes) is 2. The molecule has 0 saturated heterocycles. The standard InChI is InChI=1S/C11H14N4O3/c16-10(17)6-2-1-3-7-15-13-11(12-14-15)9-5-4-8-18-9/h4-5,8H,1-3,6-7H2,(H,16,17). The van der Waals surface area contributed by atoms with Gasteiger partial charge in [-0.3, -0.25) is 4.79 Å². The van der Waals surface area contributed by atoms with Gasteiger partial charge in [0.05, 0.1) is 12.8 Å². The first-order chi connectivity index (χ1) is 8.75. The molecule has 0 bridgehead atoms. The topological polar surface area (TPSA) is 94.0 Å². The quantitative estimate of drug-likeness (QED) is 0.750. The molecule has 0 spiro atoms. The van der Waals surface area contributed by atoms with Crippen molar-refractivity contribution in [2.45, 2.75) is 32.2 Å². The maximum atomic E-state index is 10.3. The SMILES string of the molecule is O=C(O)CCCCCn1nnc(-c2ccco2)n1. The first-order valence-electron chi connectivity index (χ1n) is 5.79. The molecule has 2 aromatic heterocycles. The van der Waals surface area contributed by atoms with Crippen LogP contribution in [0, 0.1) is 0 Å². The van der Waals surface area contributed by atoms with Crippen molar-refractivity contribution in [1.82, 2.24) is 20.2 Å². The lowest BCUT2D eigenvalue weighted by Crippen LogP contribution is -2.03. The van der Waals surface area contributed by atoms with Crippen molar-refractivity contribution in [3.63, 3.8) is 0 Å². The van der Waals surface area contributed by atoms with Gasteiger partial charge < -0.3 is 9.52 Å². The van der Waals surface area contributed by atoms with E-state index in [4.69, 9.17) is 9.52 Å². The molecule has 7 heteroatoms. The van der Waals surface area contributed by atoms with Crippen LogP contribution in [-0.4, -0.2) is 31.3 Å². The average molecular weight is 250 g/mol. The van der Waals surface area contributed by atoms with Crippen molar-refractivity contribution < 1.29 is 14.3 Å². The van der Waals surface area contributed by atoms with Crippen LogP contribution in [0.5, 0.6) is 0 Å². The molecule has 96 valence electrons. The van der Waals surface area contributed by atoms with Crippen molar-refractivity contribution >= 4 is 5.97 Å². The average Bonchev–Trinajstić information content (AvgIpc) is 2.98. The molecular weight excluding hydrogens is 236 g/mol. The van der Waals surface area contributed by atoms with Gasteiger partial charge in [-0.15, -0.1) is 10.2 Å². The Balaban J connectivity index is 1.76. The zero-order valence-corrected chi connectivity index (χ0v) is 9.82. The normalized spacial score (nSPS) is 10.7. The minimum atomic E-state index is -0.756. The lowest BCUT2D eigenvalue weighted by molar-refractivity contribution is -0.137. The van der Waals surface area contributed by atoms with Crippen LogP contribution < -0.4 is 0 Å². The van der Waals surface area contributed by atoms with E-state index in [0.29, 0.717) is 24.6 Å². The van der Waals surface area contributed by atoms with Gasteiger partial charge in [-0.05, 0) is 30.2 Å². The van der Waals surface area contributed by atoms with E-state index in [2.05, 4.69) is 15.4 Å². The molecule has 0 saturated carbocycles. The summed E-state index contributed by atoms with van der Waals surface area (Å²) in [6, 6.07) is 3.54. The molecule has 0 radical (unpaired) electrons. The second-order valence-electron chi connectivity index (χ2n) is 3.89. The second kappa shape index (κ2) is 5.95. The van der Waals surface area contributed by atoms with Crippen molar-refractivity contribution in [3.05, 3.63) is 18.4 Å². The van der Waals surface area contributed by atoms with Crippen LogP contribution in [0.3, 0.4) is 0 Å². The molecule has 18 heavy (non-hydrogen) atoms. The van der Waals surface area contributed by atoms with Gasteiger partial charge in [-0.1, -0.05) is 6.42 Å². The number of aliphatic carboxylic acids is 1. The minimum Gasteiger partial charge on any atom is -0.481 e. The molecule has 1 N–H and O–H groups in total. The summed E-state index contributed by atoms with van der Waals surface area (Å²) in [5.41, 5.74) is 0. The monoisotopic (exact) mass is 250 g/mol. The van der Waals surface area contributed by atoms with Gasteiger partial charge in [0.25, 0.3) is 0 Å². The van der Waals surface area contributed by atoms with Gasteiger partial charge in [-0.25, -0.2) is 0 Å². The van der Waals surface area contributed by atoms with Gasteiger partial charge in [0.2, 0.25) is 5.82 Å². The molecule has 0 aliphatic heterocycles. The highest BCUT2D eigenvalue weighted by Gasteiger charge is 2.07. The molecule has 0 aromatic carbocycles. The summed E-state index contributed by atoms with van der Waals surface area (Å²) in [4.78, 5) is 11.8. The Bertz CT molecular complexity index is 492.